The molecule has 1 aliphatic heterocycles. The Morgan fingerprint density at radius 3 is 2.44 bits per heavy atom. The van der Waals surface area contributed by atoms with Crippen molar-refractivity contribution in [2.75, 3.05) is 18.4 Å². The topological polar surface area (TPSA) is 95.2 Å². The second-order valence-corrected chi connectivity index (χ2v) is 9.26. The first-order valence-electron chi connectivity index (χ1n) is 10.8. The number of pyridine rings is 1. The molecule has 1 aromatic carbocycles. The molecule has 1 N–H and O–H groups in total. The van der Waals surface area contributed by atoms with E-state index >= 15 is 0 Å². The highest BCUT2D eigenvalue weighted by molar-refractivity contribution is 6.31. The van der Waals surface area contributed by atoms with E-state index in [0.717, 1.165) is 16.7 Å². The van der Waals surface area contributed by atoms with E-state index in [4.69, 9.17) is 11.6 Å². The molecule has 2 amide bonds. The molecule has 0 atom stereocenters. The van der Waals surface area contributed by atoms with Crippen LogP contribution in [0, 0.1) is 18.3 Å². The lowest BCUT2D eigenvalue weighted by molar-refractivity contribution is -0.142. The molecule has 0 radical (unpaired) electrons. The summed E-state index contributed by atoms with van der Waals surface area (Å²) >= 11 is 6.31. The van der Waals surface area contributed by atoms with Gasteiger partial charge in [-0.2, -0.15) is 5.26 Å². The number of nitrogens with zero attached hydrogens (tertiary/aromatic N) is 3. The highest BCUT2D eigenvalue weighted by Crippen LogP contribution is 2.29. The Bertz CT molecular complexity index is 1270. The third-order valence-corrected chi connectivity index (χ3v) is 6.08. The second kappa shape index (κ2) is 9.82. The number of halogens is 2. The number of hydrogen-bond donors (Lipinski definition) is 1. The molecule has 2 aromatic rings. The Morgan fingerprint density at radius 2 is 1.85 bits per heavy atom. The molecule has 1 aromatic heterocycles. The Labute approximate surface area is 202 Å². The van der Waals surface area contributed by atoms with E-state index in [2.05, 4.69) is 5.32 Å². The summed E-state index contributed by atoms with van der Waals surface area (Å²) in [5.74, 6) is -1.04. The van der Waals surface area contributed by atoms with Gasteiger partial charge in [-0.1, -0.05) is 23.3 Å². The molecule has 1 saturated heterocycles. The van der Waals surface area contributed by atoms with E-state index < -0.39 is 23.0 Å². The highest BCUT2D eigenvalue weighted by atomic mass is 35.5. The molecule has 3 rings (SSSR count). The van der Waals surface area contributed by atoms with Crippen molar-refractivity contribution in [3.63, 3.8) is 0 Å². The van der Waals surface area contributed by atoms with Gasteiger partial charge in [0, 0.05) is 42.5 Å². The van der Waals surface area contributed by atoms with Crippen molar-refractivity contribution in [1.82, 2.24) is 9.47 Å². The smallest absolute Gasteiger partial charge is 0.259 e. The van der Waals surface area contributed by atoms with Crippen LogP contribution in [0.3, 0.4) is 0 Å². The van der Waals surface area contributed by atoms with Crippen molar-refractivity contribution in [1.29, 1.82) is 5.26 Å². The maximum atomic E-state index is 14.0. The molecule has 1 aliphatic rings. The van der Waals surface area contributed by atoms with Crippen molar-refractivity contribution in [3.8, 4) is 6.07 Å². The van der Waals surface area contributed by atoms with Crippen LogP contribution >= 0.6 is 11.6 Å². The summed E-state index contributed by atoms with van der Waals surface area (Å²) < 4.78 is 15.1. The molecule has 7 nitrogen and oxygen atoms in total. The predicted molar refractivity (Wildman–Crippen MR) is 130 cm³/mol. The zero-order chi connectivity index (χ0) is 25.2. The lowest BCUT2D eigenvalue weighted by atomic mass is 9.97. The summed E-state index contributed by atoms with van der Waals surface area (Å²) in [6, 6.07) is 7.83. The van der Waals surface area contributed by atoms with Crippen LogP contribution in [-0.2, 0) is 11.8 Å². The minimum Gasteiger partial charge on any atom is -0.339 e. The van der Waals surface area contributed by atoms with Crippen molar-refractivity contribution in [2.24, 2.45) is 7.05 Å². The van der Waals surface area contributed by atoms with Gasteiger partial charge in [-0.05, 0) is 62.9 Å². The Hall–Kier alpha value is -3.44. The Balaban J connectivity index is 1.82. The molecule has 0 aliphatic carbocycles. The minimum atomic E-state index is -1.89. The third kappa shape index (κ3) is 5.54. The largest absolute Gasteiger partial charge is 0.339 e. The van der Waals surface area contributed by atoms with Gasteiger partial charge in [0.25, 0.3) is 17.4 Å². The molecule has 0 bridgehead atoms. The molecule has 34 heavy (non-hydrogen) atoms. The zero-order valence-electron chi connectivity index (χ0n) is 19.5. The Morgan fingerprint density at radius 1 is 1.21 bits per heavy atom. The number of piperidine rings is 1. The van der Waals surface area contributed by atoms with E-state index in [1.54, 1.807) is 12.1 Å². The molecule has 0 spiro atoms. The van der Waals surface area contributed by atoms with Crippen LogP contribution in [0.25, 0.3) is 6.08 Å². The van der Waals surface area contributed by atoms with Gasteiger partial charge in [0.05, 0.1) is 0 Å². The number of alkyl halides is 1. The van der Waals surface area contributed by atoms with Crippen LogP contribution in [-0.4, -0.2) is 40.0 Å². The minimum absolute atomic E-state index is 0.0757. The normalized spacial score (nSPS) is 13.9. The fraction of sp³-hybridized carbons (Fsp3) is 0.360. The van der Waals surface area contributed by atoms with Gasteiger partial charge in [-0.25, -0.2) is 4.39 Å². The first-order chi connectivity index (χ1) is 15.9. The zero-order valence-corrected chi connectivity index (χ0v) is 20.3. The van der Waals surface area contributed by atoms with Gasteiger partial charge in [-0.3, -0.25) is 14.4 Å². The monoisotopic (exact) mass is 484 g/mol. The molecule has 0 unspecified atom stereocenters. The number of likely N-dealkylation sites (tertiary alicyclic amines) is 1. The highest BCUT2D eigenvalue weighted by Gasteiger charge is 2.32. The number of hydrogen-bond acceptors (Lipinski definition) is 4. The maximum absolute atomic E-state index is 14.0. The summed E-state index contributed by atoms with van der Waals surface area (Å²) in [6.07, 6.45) is 3.20. The SMILES string of the molecule is Cc1c(C=C2CCN(C(=O)C(C)(C)F)CC2)cc(Cl)cc1NC(=O)c1cc(C#N)n(C)c(=O)c1. The van der Waals surface area contributed by atoms with Crippen LogP contribution < -0.4 is 10.9 Å². The predicted octanol–water partition coefficient (Wildman–Crippen LogP) is 4.23. The number of carbonyl (C=O) groups excluding carboxylic acids is 2. The average molecular weight is 485 g/mol. The van der Waals surface area contributed by atoms with Gasteiger partial charge in [0.1, 0.15) is 11.8 Å². The fourth-order valence-electron chi connectivity index (χ4n) is 3.78. The van der Waals surface area contributed by atoms with E-state index in [1.165, 1.54) is 42.5 Å². The number of nitrogens with one attached hydrogen (secondary N) is 1. The fourth-order valence-corrected chi connectivity index (χ4v) is 4.01. The summed E-state index contributed by atoms with van der Waals surface area (Å²) in [5.41, 5.74) is 0.957. The van der Waals surface area contributed by atoms with Crippen molar-refractivity contribution >= 4 is 35.2 Å². The summed E-state index contributed by atoms with van der Waals surface area (Å²) in [4.78, 5) is 38.5. The van der Waals surface area contributed by atoms with Crippen LogP contribution in [0.5, 0.6) is 0 Å². The number of amides is 2. The van der Waals surface area contributed by atoms with Crippen LogP contribution in [0.4, 0.5) is 10.1 Å². The quantitative estimate of drug-likeness (QED) is 0.702. The molecule has 2 heterocycles. The first-order valence-corrected chi connectivity index (χ1v) is 11.2. The van der Waals surface area contributed by atoms with E-state index in [9.17, 15) is 24.0 Å². The van der Waals surface area contributed by atoms with Gasteiger partial charge in [-0.15, -0.1) is 0 Å². The van der Waals surface area contributed by atoms with Crippen molar-refractivity contribution < 1.29 is 14.0 Å². The third-order valence-electron chi connectivity index (χ3n) is 5.86. The number of rotatable bonds is 4. The van der Waals surface area contributed by atoms with E-state index in [1.807, 2.05) is 19.1 Å². The van der Waals surface area contributed by atoms with Crippen LogP contribution in [0.1, 0.15) is 53.9 Å². The molecule has 178 valence electrons. The average Bonchev–Trinajstić information content (AvgIpc) is 2.78. The van der Waals surface area contributed by atoms with Gasteiger partial charge in [0.2, 0.25) is 0 Å². The summed E-state index contributed by atoms with van der Waals surface area (Å²) in [5, 5.41) is 12.4. The lowest BCUT2D eigenvalue weighted by Crippen LogP contribution is -2.45. The summed E-state index contributed by atoms with van der Waals surface area (Å²) in [6.45, 7) is 5.24. The molecule has 9 heteroatoms. The standard InChI is InChI=1S/C25H26ClFN4O3/c1-15-17(9-16-5-7-31(8-6-16)24(34)25(2,3)27)10-19(26)13-21(15)29-23(33)18-11-20(14-28)30(4)22(32)12-18/h9-13H,5-8H2,1-4H3,(H,29,33). The Kier molecular flexibility index (Phi) is 7.27. The second-order valence-electron chi connectivity index (χ2n) is 8.83. The van der Waals surface area contributed by atoms with Gasteiger partial charge < -0.3 is 14.8 Å². The van der Waals surface area contributed by atoms with Gasteiger partial charge >= 0.3 is 0 Å². The molecular formula is C25H26ClFN4O3. The molecular weight excluding hydrogens is 459 g/mol. The number of aromatic nitrogens is 1. The maximum Gasteiger partial charge on any atom is 0.259 e. The number of carbonyl (C=O) groups is 2. The number of anilines is 1. The van der Waals surface area contributed by atoms with Gasteiger partial charge in [0.15, 0.2) is 5.67 Å². The van der Waals surface area contributed by atoms with Crippen LogP contribution in [0.2, 0.25) is 5.02 Å². The summed E-state index contributed by atoms with van der Waals surface area (Å²) in [7, 11) is 1.46. The van der Waals surface area contributed by atoms with E-state index in [-0.39, 0.29) is 11.3 Å². The first kappa shape index (κ1) is 25.2. The number of benzene rings is 1. The van der Waals surface area contributed by atoms with Crippen molar-refractivity contribution in [3.05, 3.63) is 67.6 Å². The molecule has 1 fully saturated rings. The lowest BCUT2D eigenvalue weighted by Gasteiger charge is -2.31. The number of nitriles is 1. The van der Waals surface area contributed by atoms with E-state index in [0.29, 0.717) is 36.6 Å². The molecule has 0 saturated carbocycles. The van der Waals surface area contributed by atoms with Crippen LogP contribution in [0.15, 0.2) is 34.6 Å². The van der Waals surface area contributed by atoms with Crippen molar-refractivity contribution in [2.45, 2.75) is 39.3 Å².